The van der Waals surface area contributed by atoms with Crippen molar-refractivity contribution in [2.75, 3.05) is 0 Å². The van der Waals surface area contributed by atoms with Gasteiger partial charge in [0.1, 0.15) is 0 Å². The number of benzene rings is 2. The molecule has 0 heterocycles. The summed E-state index contributed by atoms with van der Waals surface area (Å²) in [7, 11) is 0. The monoisotopic (exact) mass is 387 g/mol. The molecule has 0 aromatic heterocycles. The standard InChI is InChI=1S/C19H18BrNO3/c20-15-6-3-4-13(10-15)12-21(16-8-9-16)18(22)11-14-5-1-2-7-17(14)19(23)24/h1-7,10,16H,8-9,11-12H2,(H,23,24). The third-order valence-corrected chi connectivity index (χ3v) is 4.63. The van der Waals surface area contributed by atoms with Crippen LogP contribution in [0.25, 0.3) is 0 Å². The first-order valence-electron chi connectivity index (χ1n) is 7.89. The van der Waals surface area contributed by atoms with E-state index in [1.807, 2.05) is 29.2 Å². The number of aromatic carboxylic acids is 1. The van der Waals surface area contributed by atoms with Crippen LogP contribution >= 0.6 is 15.9 Å². The SMILES string of the molecule is O=C(O)c1ccccc1CC(=O)N(Cc1cccc(Br)c1)C1CC1. The Kier molecular flexibility index (Phi) is 5.00. The van der Waals surface area contributed by atoms with Crippen molar-refractivity contribution in [1.29, 1.82) is 0 Å². The molecule has 0 atom stereocenters. The number of amides is 1. The second-order valence-electron chi connectivity index (χ2n) is 6.02. The van der Waals surface area contributed by atoms with Gasteiger partial charge in [-0.25, -0.2) is 4.79 Å². The first-order valence-corrected chi connectivity index (χ1v) is 8.69. The molecule has 0 unspecified atom stereocenters. The van der Waals surface area contributed by atoms with Crippen molar-refractivity contribution in [2.24, 2.45) is 0 Å². The van der Waals surface area contributed by atoms with Gasteiger partial charge in [0.25, 0.3) is 0 Å². The van der Waals surface area contributed by atoms with Gasteiger partial charge in [-0.15, -0.1) is 0 Å². The zero-order valence-corrected chi connectivity index (χ0v) is 14.7. The van der Waals surface area contributed by atoms with Gasteiger partial charge in [-0.2, -0.15) is 0 Å². The molecular formula is C19H18BrNO3. The molecule has 5 heteroatoms. The fourth-order valence-electron chi connectivity index (χ4n) is 2.79. The molecule has 124 valence electrons. The first-order chi connectivity index (χ1) is 11.5. The van der Waals surface area contributed by atoms with Gasteiger partial charge >= 0.3 is 5.97 Å². The number of carboxylic acids is 1. The van der Waals surface area contributed by atoms with Crippen molar-refractivity contribution >= 4 is 27.8 Å². The Labute approximate surface area is 149 Å². The molecule has 0 radical (unpaired) electrons. The molecule has 0 aliphatic heterocycles. The van der Waals surface area contributed by atoms with Crippen LogP contribution in [0.5, 0.6) is 0 Å². The first kappa shape index (κ1) is 16.7. The Bertz CT molecular complexity index is 771. The van der Waals surface area contributed by atoms with E-state index in [-0.39, 0.29) is 23.9 Å². The lowest BCUT2D eigenvalue weighted by molar-refractivity contribution is -0.131. The Morgan fingerprint density at radius 1 is 1.12 bits per heavy atom. The van der Waals surface area contributed by atoms with E-state index in [0.29, 0.717) is 12.1 Å². The van der Waals surface area contributed by atoms with E-state index >= 15 is 0 Å². The third-order valence-electron chi connectivity index (χ3n) is 4.14. The van der Waals surface area contributed by atoms with Gasteiger partial charge in [0, 0.05) is 17.1 Å². The minimum Gasteiger partial charge on any atom is -0.478 e. The Morgan fingerprint density at radius 2 is 1.88 bits per heavy atom. The summed E-state index contributed by atoms with van der Waals surface area (Å²) < 4.78 is 0.986. The van der Waals surface area contributed by atoms with E-state index in [9.17, 15) is 14.7 Å². The number of nitrogens with zero attached hydrogens (tertiary/aromatic N) is 1. The van der Waals surface area contributed by atoms with Gasteiger partial charge in [0.2, 0.25) is 5.91 Å². The molecule has 3 rings (SSSR count). The number of carbonyl (C=O) groups excluding carboxylic acids is 1. The van der Waals surface area contributed by atoms with Crippen molar-refractivity contribution in [3.05, 3.63) is 69.7 Å². The van der Waals surface area contributed by atoms with E-state index < -0.39 is 5.97 Å². The number of carboxylic acid groups (broad SMARTS) is 1. The molecule has 2 aromatic carbocycles. The summed E-state index contributed by atoms with van der Waals surface area (Å²) in [6.45, 7) is 0.554. The molecular weight excluding hydrogens is 370 g/mol. The van der Waals surface area contributed by atoms with Crippen LogP contribution < -0.4 is 0 Å². The Hall–Kier alpha value is -2.14. The summed E-state index contributed by atoms with van der Waals surface area (Å²) in [5.74, 6) is -1.02. The summed E-state index contributed by atoms with van der Waals surface area (Å²) >= 11 is 3.45. The number of halogens is 1. The molecule has 1 N–H and O–H groups in total. The summed E-state index contributed by atoms with van der Waals surface area (Å²) in [6.07, 6.45) is 2.15. The van der Waals surface area contributed by atoms with Gasteiger partial charge in [-0.3, -0.25) is 4.79 Å². The minimum absolute atomic E-state index is 0.0221. The van der Waals surface area contributed by atoms with E-state index in [1.165, 1.54) is 0 Å². The van der Waals surface area contributed by atoms with Crippen molar-refractivity contribution in [1.82, 2.24) is 4.90 Å². The summed E-state index contributed by atoms with van der Waals surface area (Å²) in [4.78, 5) is 26.0. The Morgan fingerprint density at radius 3 is 2.54 bits per heavy atom. The molecule has 1 aliphatic rings. The maximum absolute atomic E-state index is 12.8. The number of hydrogen-bond donors (Lipinski definition) is 1. The highest BCUT2D eigenvalue weighted by Gasteiger charge is 2.32. The second kappa shape index (κ2) is 7.18. The predicted octanol–water partition coefficient (Wildman–Crippen LogP) is 3.88. The lowest BCUT2D eigenvalue weighted by Gasteiger charge is -2.23. The normalized spacial score (nSPS) is 13.5. The molecule has 4 nitrogen and oxygen atoms in total. The molecule has 1 fully saturated rings. The highest BCUT2D eigenvalue weighted by molar-refractivity contribution is 9.10. The predicted molar refractivity (Wildman–Crippen MR) is 94.8 cm³/mol. The van der Waals surface area contributed by atoms with Gasteiger partial charge in [-0.1, -0.05) is 46.3 Å². The molecule has 1 aliphatic carbocycles. The van der Waals surface area contributed by atoms with Crippen LogP contribution in [0.1, 0.15) is 34.3 Å². The summed E-state index contributed by atoms with van der Waals surface area (Å²) in [6, 6.07) is 14.9. The number of carbonyl (C=O) groups is 2. The topological polar surface area (TPSA) is 57.6 Å². The van der Waals surface area contributed by atoms with E-state index in [4.69, 9.17) is 0 Å². The van der Waals surface area contributed by atoms with Gasteiger partial charge in [-0.05, 0) is 42.2 Å². The highest BCUT2D eigenvalue weighted by atomic mass is 79.9. The lowest BCUT2D eigenvalue weighted by Crippen LogP contribution is -2.34. The quantitative estimate of drug-likeness (QED) is 0.817. The van der Waals surface area contributed by atoms with Gasteiger partial charge in [0.15, 0.2) is 0 Å². The van der Waals surface area contributed by atoms with Crippen molar-refractivity contribution in [3.8, 4) is 0 Å². The fraction of sp³-hybridized carbons (Fsp3) is 0.263. The average Bonchev–Trinajstić information content (AvgIpc) is 3.37. The van der Waals surface area contributed by atoms with Crippen molar-refractivity contribution in [3.63, 3.8) is 0 Å². The molecule has 0 spiro atoms. The largest absolute Gasteiger partial charge is 0.478 e. The highest BCUT2D eigenvalue weighted by Crippen LogP contribution is 2.29. The van der Waals surface area contributed by atoms with Crippen LogP contribution in [-0.2, 0) is 17.8 Å². The molecule has 1 saturated carbocycles. The van der Waals surface area contributed by atoms with Crippen LogP contribution in [0.4, 0.5) is 0 Å². The van der Waals surface area contributed by atoms with Crippen LogP contribution in [0.15, 0.2) is 53.0 Å². The van der Waals surface area contributed by atoms with Gasteiger partial charge < -0.3 is 10.0 Å². The third kappa shape index (κ3) is 4.03. The maximum Gasteiger partial charge on any atom is 0.335 e. The van der Waals surface area contributed by atoms with E-state index in [1.54, 1.807) is 24.3 Å². The lowest BCUT2D eigenvalue weighted by atomic mass is 10.0. The van der Waals surface area contributed by atoms with Crippen LogP contribution in [0.3, 0.4) is 0 Å². The van der Waals surface area contributed by atoms with E-state index in [0.717, 1.165) is 22.9 Å². The zero-order chi connectivity index (χ0) is 17.1. The van der Waals surface area contributed by atoms with E-state index in [2.05, 4.69) is 15.9 Å². The second-order valence-corrected chi connectivity index (χ2v) is 6.94. The molecule has 2 aromatic rings. The minimum atomic E-state index is -0.997. The molecule has 0 bridgehead atoms. The number of hydrogen-bond acceptors (Lipinski definition) is 2. The van der Waals surface area contributed by atoms with Crippen molar-refractivity contribution in [2.45, 2.75) is 31.8 Å². The zero-order valence-electron chi connectivity index (χ0n) is 13.1. The smallest absolute Gasteiger partial charge is 0.335 e. The summed E-state index contributed by atoms with van der Waals surface area (Å²) in [5.41, 5.74) is 1.83. The van der Waals surface area contributed by atoms with Crippen LogP contribution in [-0.4, -0.2) is 27.9 Å². The van der Waals surface area contributed by atoms with Crippen molar-refractivity contribution < 1.29 is 14.7 Å². The summed E-state index contributed by atoms with van der Waals surface area (Å²) in [5, 5.41) is 9.27. The van der Waals surface area contributed by atoms with Crippen LogP contribution in [0.2, 0.25) is 0 Å². The fourth-order valence-corrected chi connectivity index (χ4v) is 3.23. The molecule has 24 heavy (non-hydrogen) atoms. The average molecular weight is 388 g/mol. The molecule has 0 saturated heterocycles. The van der Waals surface area contributed by atoms with Gasteiger partial charge in [0.05, 0.1) is 12.0 Å². The number of rotatable bonds is 6. The van der Waals surface area contributed by atoms with Crippen LogP contribution in [0, 0.1) is 0 Å². The molecule has 1 amide bonds. The Balaban J connectivity index is 1.77. The maximum atomic E-state index is 12.8.